The van der Waals surface area contributed by atoms with Gasteiger partial charge in [-0.25, -0.2) is 0 Å². The van der Waals surface area contributed by atoms with Gasteiger partial charge in [0.2, 0.25) is 0 Å². The van der Waals surface area contributed by atoms with E-state index in [1.807, 2.05) is 42.5 Å². The van der Waals surface area contributed by atoms with Crippen LogP contribution in [-0.2, 0) is 16.0 Å². The lowest BCUT2D eigenvalue weighted by Crippen LogP contribution is -2.45. The lowest BCUT2D eigenvalue weighted by Gasteiger charge is -2.39. The lowest BCUT2D eigenvalue weighted by atomic mass is 9.85. The molecule has 2 atom stereocenters. The molecule has 0 bridgehead atoms. The number of methoxy groups -OCH3 is 2. The minimum absolute atomic E-state index is 0.183. The van der Waals surface area contributed by atoms with Crippen LogP contribution >= 0.6 is 0 Å². The van der Waals surface area contributed by atoms with E-state index in [0.29, 0.717) is 28.5 Å². The summed E-state index contributed by atoms with van der Waals surface area (Å²) in [5, 5.41) is 3.00. The molecule has 2 aliphatic rings. The Morgan fingerprint density at radius 3 is 2.57 bits per heavy atom. The fourth-order valence-corrected chi connectivity index (χ4v) is 5.11. The molecule has 1 aliphatic carbocycles. The minimum atomic E-state index is -0.961. The number of para-hydroxylation sites is 1. The van der Waals surface area contributed by atoms with Gasteiger partial charge in [-0.15, -0.1) is 0 Å². The van der Waals surface area contributed by atoms with Crippen LogP contribution in [0.25, 0.3) is 0 Å². The number of aryl methyl sites for hydroxylation is 1. The smallest absolute Gasteiger partial charge is 0.261 e. The van der Waals surface area contributed by atoms with E-state index in [9.17, 15) is 9.59 Å². The number of hydrogen-bond acceptors (Lipinski definition) is 5. The van der Waals surface area contributed by atoms with Gasteiger partial charge in [-0.1, -0.05) is 42.5 Å². The van der Waals surface area contributed by atoms with E-state index in [0.717, 1.165) is 24.8 Å². The maximum absolute atomic E-state index is 14.0. The molecule has 1 aliphatic heterocycles. The Morgan fingerprint density at radius 2 is 1.80 bits per heavy atom. The van der Waals surface area contributed by atoms with E-state index in [4.69, 9.17) is 14.2 Å². The van der Waals surface area contributed by atoms with Crippen molar-refractivity contribution in [2.24, 2.45) is 0 Å². The zero-order valence-corrected chi connectivity index (χ0v) is 19.8. The second-order valence-electron chi connectivity index (χ2n) is 8.70. The zero-order chi connectivity index (χ0) is 24.4. The predicted octanol–water partition coefficient (Wildman–Crippen LogP) is 4.68. The van der Waals surface area contributed by atoms with Crippen LogP contribution in [0.5, 0.6) is 17.2 Å². The number of hydrogen-bond donors (Lipinski definition) is 1. The third-order valence-electron chi connectivity index (χ3n) is 6.69. The summed E-state index contributed by atoms with van der Waals surface area (Å²) in [7, 11) is 3.09. The molecule has 0 fully saturated rings. The van der Waals surface area contributed by atoms with Gasteiger partial charge in [-0.3, -0.25) is 9.59 Å². The Bertz CT molecular complexity index is 1240. The first-order valence-corrected chi connectivity index (χ1v) is 11.7. The molecule has 1 heterocycles. The van der Waals surface area contributed by atoms with Gasteiger partial charge in [-0.05, 0) is 42.5 Å². The number of benzene rings is 3. The molecule has 0 spiro atoms. The first kappa shape index (κ1) is 22.8. The van der Waals surface area contributed by atoms with Crippen molar-refractivity contribution < 1.29 is 23.8 Å². The van der Waals surface area contributed by atoms with Crippen LogP contribution in [0.1, 0.15) is 41.6 Å². The number of nitrogens with zero attached hydrogens (tertiary/aromatic N) is 1. The molecule has 1 N–H and O–H groups in total. The van der Waals surface area contributed by atoms with Crippen LogP contribution in [0.3, 0.4) is 0 Å². The predicted molar refractivity (Wildman–Crippen MR) is 132 cm³/mol. The third kappa shape index (κ3) is 4.30. The molecule has 7 nitrogen and oxygen atoms in total. The van der Waals surface area contributed by atoms with Gasteiger partial charge in [0.05, 0.1) is 25.8 Å². The summed E-state index contributed by atoms with van der Waals surface area (Å²) in [6.07, 6.45) is 2.63. The molecule has 0 aromatic heterocycles. The van der Waals surface area contributed by atoms with Gasteiger partial charge in [0.25, 0.3) is 11.8 Å². The van der Waals surface area contributed by atoms with Crippen LogP contribution in [0.4, 0.5) is 5.69 Å². The van der Waals surface area contributed by atoms with E-state index in [1.165, 1.54) is 12.7 Å². The molecule has 2 unspecified atom stereocenters. The molecule has 7 heteroatoms. The van der Waals surface area contributed by atoms with Gasteiger partial charge in [0.15, 0.2) is 6.61 Å². The summed E-state index contributed by atoms with van der Waals surface area (Å²) in [4.78, 5) is 29.3. The van der Waals surface area contributed by atoms with E-state index >= 15 is 0 Å². The second kappa shape index (κ2) is 9.70. The van der Waals surface area contributed by atoms with Gasteiger partial charge < -0.3 is 24.4 Å². The van der Waals surface area contributed by atoms with Crippen molar-refractivity contribution >= 4 is 17.5 Å². The molecule has 35 heavy (non-hydrogen) atoms. The van der Waals surface area contributed by atoms with E-state index in [1.54, 1.807) is 24.1 Å². The van der Waals surface area contributed by atoms with Gasteiger partial charge in [0.1, 0.15) is 23.3 Å². The van der Waals surface area contributed by atoms with Crippen molar-refractivity contribution in [2.45, 2.75) is 31.3 Å². The molecule has 5 rings (SSSR count). The van der Waals surface area contributed by atoms with Crippen LogP contribution in [-0.4, -0.2) is 37.5 Å². The lowest BCUT2D eigenvalue weighted by molar-refractivity contribution is -0.143. The van der Waals surface area contributed by atoms with Crippen LogP contribution in [0.2, 0.25) is 0 Å². The summed E-state index contributed by atoms with van der Waals surface area (Å²) in [6.45, 7) is -0.183. The topological polar surface area (TPSA) is 77.1 Å². The molecule has 180 valence electrons. The Kier molecular flexibility index (Phi) is 6.31. The fraction of sp³-hybridized carbons (Fsp3) is 0.286. The highest BCUT2D eigenvalue weighted by molar-refractivity contribution is 5.99. The summed E-state index contributed by atoms with van der Waals surface area (Å²) in [6, 6.07) is 19.6. The van der Waals surface area contributed by atoms with Crippen LogP contribution in [0, 0.1) is 0 Å². The van der Waals surface area contributed by atoms with Crippen molar-refractivity contribution in [3.05, 3.63) is 83.4 Å². The van der Waals surface area contributed by atoms with Gasteiger partial charge >= 0.3 is 0 Å². The van der Waals surface area contributed by atoms with Crippen molar-refractivity contribution in [3.8, 4) is 17.2 Å². The standard InChI is InChI=1S/C28H28N2O5/c1-33-20-15-23(34-2)26-24(16-20)35-17-25(31)30(22-14-8-10-18-9-6-7-13-21(18)22)27(26)28(32)29-19-11-4-3-5-12-19/h3-7,9,11-13,15-16,22,27H,8,10,14,17H2,1-2H3,(H,29,32). The highest BCUT2D eigenvalue weighted by Gasteiger charge is 2.43. The highest BCUT2D eigenvalue weighted by Crippen LogP contribution is 2.47. The quantitative estimate of drug-likeness (QED) is 0.583. The Labute approximate surface area is 204 Å². The van der Waals surface area contributed by atoms with Crippen LogP contribution in [0.15, 0.2) is 66.7 Å². The first-order valence-electron chi connectivity index (χ1n) is 11.7. The Balaban J connectivity index is 1.68. The average molecular weight is 473 g/mol. The molecule has 0 saturated heterocycles. The van der Waals surface area contributed by atoms with E-state index in [-0.39, 0.29) is 24.5 Å². The summed E-state index contributed by atoms with van der Waals surface area (Å²) < 4.78 is 17.1. The Morgan fingerprint density at radius 1 is 1.03 bits per heavy atom. The molecule has 3 aromatic carbocycles. The zero-order valence-electron chi connectivity index (χ0n) is 19.8. The summed E-state index contributed by atoms with van der Waals surface area (Å²) >= 11 is 0. The maximum Gasteiger partial charge on any atom is 0.261 e. The van der Waals surface area contributed by atoms with Crippen molar-refractivity contribution in [1.29, 1.82) is 0 Å². The SMILES string of the molecule is COc1cc(OC)c2c(c1)OCC(=O)N(C1CCCc3ccccc31)C2C(=O)Nc1ccccc1. The molecule has 0 saturated carbocycles. The monoisotopic (exact) mass is 472 g/mol. The summed E-state index contributed by atoms with van der Waals surface area (Å²) in [5.74, 6) is 0.761. The fourth-order valence-electron chi connectivity index (χ4n) is 5.11. The molecule has 0 radical (unpaired) electrons. The number of ether oxygens (including phenoxy) is 3. The molecular weight excluding hydrogens is 444 g/mol. The largest absolute Gasteiger partial charge is 0.496 e. The third-order valence-corrected chi connectivity index (χ3v) is 6.69. The first-order chi connectivity index (χ1) is 17.1. The van der Waals surface area contributed by atoms with Gasteiger partial charge in [0, 0.05) is 17.8 Å². The van der Waals surface area contributed by atoms with Crippen molar-refractivity contribution in [2.75, 3.05) is 26.1 Å². The Hall–Kier alpha value is -4.00. The number of carbonyl (C=O) groups excluding carboxylic acids is 2. The van der Waals surface area contributed by atoms with E-state index in [2.05, 4.69) is 17.4 Å². The molecule has 2 amide bonds. The normalized spacial score (nSPS) is 19.0. The van der Waals surface area contributed by atoms with Crippen LogP contribution < -0.4 is 19.5 Å². The number of rotatable bonds is 5. The number of fused-ring (bicyclic) bond motifs is 2. The van der Waals surface area contributed by atoms with Crippen molar-refractivity contribution in [3.63, 3.8) is 0 Å². The number of amides is 2. The molecular formula is C28H28N2O5. The number of nitrogens with one attached hydrogen (secondary N) is 1. The highest BCUT2D eigenvalue weighted by atomic mass is 16.5. The van der Waals surface area contributed by atoms with Gasteiger partial charge in [-0.2, -0.15) is 0 Å². The maximum atomic E-state index is 14.0. The number of carbonyl (C=O) groups is 2. The minimum Gasteiger partial charge on any atom is -0.496 e. The summed E-state index contributed by atoms with van der Waals surface area (Å²) in [5.41, 5.74) is 3.43. The molecule has 3 aromatic rings. The number of anilines is 1. The average Bonchev–Trinajstić information content (AvgIpc) is 3.04. The van der Waals surface area contributed by atoms with Crippen molar-refractivity contribution in [1.82, 2.24) is 4.90 Å². The van der Waals surface area contributed by atoms with E-state index < -0.39 is 6.04 Å². The second-order valence-corrected chi connectivity index (χ2v) is 8.70.